The molecule has 0 unspecified atom stereocenters. The Hall–Kier alpha value is -3.10. The molecule has 9 heteroatoms. The van der Waals surface area contributed by atoms with E-state index in [1.165, 1.54) is 19.1 Å². The average Bonchev–Trinajstić information content (AvgIpc) is 2.65. The number of rotatable bonds is 9. The largest absolute Gasteiger partial charge is 0.468 e. The van der Waals surface area contributed by atoms with Gasteiger partial charge in [-0.2, -0.15) is 0 Å². The number of hydrogen-bond acceptors (Lipinski definition) is 7. The van der Waals surface area contributed by atoms with Crippen molar-refractivity contribution in [2.45, 2.75) is 19.3 Å². The zero-order valence-corrected chi connectivity index (χ0v) is 15.5. The van der Waals surface area contributed by atoms with E-state index in [1.54, 1.807) is 0 Å². The Morgan fingerprint density at radius 3 is 2.41 bits per heavy atom. The summed E-state index contributed by atoms with van der Waals surface area (Å²) in [6.45, 7) is -0.386. The monoisotopic (exact) mass is 379 g/mol. The van der Waals surface area contributed by atoms with Crippen LogP contribution in [0.25, 0.3) is 0 Å². The van der Waals surface area contributed by atoms with Crippen LogP contribution in [-0.2, 0) is 30.2 Å². The smallest absolute Gasteiger partial charge is 0.414 e. The number of hydrogen-bond donors (Lipinski definition) is 2. The molecule has 0 aromatic heterocycles. The molecule has 9 nitrogen and oxygen atoms in total. The number of methoxy groups -OCH3 is 1. The lowest BCUT2D eigenvalue weighted by Crippen LogP contribution is -2.44. The zero-order valence-electron chi connectivity index (χ0n) is 15.5. The predicted octanol–water partition coefficient (Wildman–Crippen LogP) is 1.32. The van der Waals surface area contributed by atoms with Crippen LogP contribution >= 0.6 is 0 Å². The highest BCUT2D eigenvalue weighted by Crippen LogP contribution is 2.05. The first-order valence-corrected chi connectivity index (χ1v) is 8.42. The van der Waals surface area contributed by atoms with Crippen molar-refractivity contribution in [3.05, 3.63) is 35.9 Å². The van der Waals surface area contributed by atoms with Crippen LogP contribution in [0, 0.1) is 5.41 Å². The molecule has 1 aromatic carbocycles. The second kappa shape index (κ2) is 12.3. The Balaban J connectivity index is 2.10. The minimum atomic E-state index is -0.878. The molecule has 1 amide bonds. The number of likely N-dealkylation sites (N-methyl/N-ethyl adjacent to an activating group) is 1. The summed E-state index contributed by atoms with van der Waals surface area (Å²) >= 11 is 0. The number of nitrogens with one attached hydrogen (secondary N) is 2. The summed E-state index contributed by atoms with van der Waals surface area (Å²) in [5, 5.41) is 9.76. The standard InChI is InChI=1S/C18H25N3O6/c1-21(13-16(23)25-2)17(19)20-18(24)27-12-11-26-15(22)10-6-9-14-7-4-3-5-8-14/h3-5,7-8H,6,9-13H2,1-2H3,(H2,19,20,24). The predicted molar refractivity (Wildman–Crippen MR) is 97.2 cm³/mol. The molecule has 0 radical (unpaired) electrons. The van der Waals surface area contributed by atoms with Gasteiger partial charge in [0.25, 0.3) is 0 Å². The van der Waals surface area contributed by atoms with Gasteiger partial charge in [-0.1, -0.05) is 30.3 Å². The highest BCUT2D eigenvalue weighted by Gasteiger charge is 2.13. The van der Waals surface area contributed by atoms with Crippen LogP contribution in [0.3, 0.4) is 0 Å². The maximum atomic E-state index is 11.6. The van der Waals surface area contributed by atoms with E-state index in [0.717, 1.165) is 12.0 Å². The fraction of sp³-hybridized carbons (Fsp3) is 0.444. The summed E-state index contributed by atoms with van der Waals surface area (Å²) in [5.41, 5.74) is 1.16. The first-order chi connectivity index (χ1) is 12.9. The van der Waals surface area contributed by atoms with Crippen LogP contribution < -0.4 is 5.32 Å². The molecular weight excluding hydrogens is 354 g/mol. The minimum Gasteiger partial charge on any atom is -0.468 e. The number of aryl methyl sites for hydroxylation is 1. The van der Waals surface area contributed by atoms with Gasteiger partial charge in [0.15, 0.2) is 0 Å². The maximum absolute atomic E-state index is 11.6. The lowest BCUT2D eigenvalue weighted by atomic mass is 10.1. The van der Waals surface area contributed by atoms with E-state index in [9.17, 15) is 14.4 Å². The highest BCUT2D eigenvalue weighted by molar-refractivity contribution is 5.93. The number of carbonyl (C=O) groups excluding carboxylic acids is 3. The number of benzene rings is 1. The highest BCUT2D eigenvalue weighted by atomic mass is 16.6. The zero-order chi connectivity index (χ0) is 20.1. The Bertz CT molecular complexity index is 635. The average molecular weight is 379 g/mol. The van der Waals surface area contributed by atoms with Crippen LogP contribution in [0.4, 0.5) is 4.79 Å². The summed E-state index contributed by atoms with van der Waals surface area (Å²) < 4.78 is 14.2. The van der Waals surface area contributed by atoms with Gasteiger partial charge in [-0.25, -0.2) is 4.79 Å². The number of carbonyl (C=O) groups is 3. The van der Waals surface area contributed by atoms with Gasteiger partial charge in [0, 0.05) is 13.5 Å². The third kappa shape index (κ3) is 9.83. The first-order valence-electron chi connectivity index (χ1n) is 8.42. The molecule has 0 saturated carbocycles. The molecule has 0 spiro atoms. The van der Waals surface area contributed by atoms with Gasteiger partial charge in [0.1, 0.15) is 19.8 Å². The van der Waals surface area contributed by atoms with Crippen molar-refractivity contribution in [3.8, 4) is 0 Å². The molecule has 0 saturated heterocycles. The summed E-state index contributed by atoms with van der Waals surface area (Å²) in [6.07, 6.45) is 0.866. The third-order valence-corrected chi connectivity index (χ3v) is 3.46. The van der Waals surface area contributed by atoms with Crippen molar-refractivity contribution in [2.24, 2.45) is 0 Å². The Kier molecular flexibility index (Phi) is 9.98. The summed E-state index contributed by atoms with van der Waals surface area (Å²) in [7, 11) is 2.67. The molecule has 1 aromatic rings. The molecular formula is C18H25N3O6. The van der Waals surface area contributed by atoms with Gasteiger partial charge in [-0.05, 0) is 18.4 Å². The lowest BCUT2D eigenvalue weighted by Gasteiger charge is -2.18. The van der Waals surface area contributed by atoms with Crippen molar-refractivity contribution < 1.29 is 28.6 Å². The van der Waals surface area contributed by atoms with E-state index >= 15 is 0 Å². The number of nitrogens with zero attached hydrogens (tertiary/aromatic N) is 1. The summed E-state index contributed by atoms with van der Waals surface area (Å²) in [6, 6.07) is 9.83. The van der Waals surface area contributed by atoms with Gasteiger partial charge in [-0.3, -0.25) is 20.3 Å². The van der Waals surface area contributed by atoms with E-state index in [-0.39, 0.29) is 38.1 Å². The second-order valence-electron chi connectivity index (χ2n) is 5.60. The van der Waals surface area contributed by atoms with E-state index < -0.39 is 12.1 Å². The van der Waals surface area contributed by atoms with Crippen molar-refractivity contribution in [3.63, 3.8) is 0 Å². The van der Waals surface area contributed by atoms with Crippen LogP contribution in [0.2, 0.25) is 0 Å². The molecule has 0 aliphatic carbocycles. The van der Waals surface area contributed by atoms with Gasteiger partial charge in [0.2, 0.25) is 5.96 Å². The van der Waals surface area contributed by atoms with Crippen molar-refractivity contribution in [1.29, 1.82) is 5.41 Å². The van der Waals surface area contributed by atoms with Crippen LogP contribution in [0.5, 0.6) is 0 Å². The number of esters is 2. The van der Waals surface area contributed by atoms with E-state index in [2.05, 4.69) is 10.1 Å². The van der Waals surface area contributed by atoms with E-state index in [0.29, 0.717) is 6.42 Å². The first kappa shape index (κ1) is 21.9. The molecule has 27 heavy (non-hydrogen) atoms. The molecule has 0 fully saturated rings. The second-order valence-corrected chi connectivity index (χ2v) is 5.60. The molecule has 0 bridgehead atoms. The van der Waals surface area contributed by atoms with E-state index in [1.807, 2.05) is 30.3 Å². The van der Waals surface area contributed by atoms with Gasteiger partial charge >= 0.3 is 18.0 Å². The topological polar surface area (TPSA) is 118 Å². The Labute approximate surface area is 158 Å². The van der Waals surface area contributed by atoms with Gasteiger partial charge < -0.3 is 19.1 Å². The molecule has 1 rings (SSSR count). The molecule has 2 N–H and O–H groups in total. The van der Waals surface area contributed by atoms with Crippen molar-refractivity contribution >= 4 is 24.0 Å². The van der Waals surface area contributed by atoms with Crippen LogP contribution in [0.15, 0.2) is 30.3 Å². The Morgan fingerprint density at radius 2 is 1.74 bits per heavy atom. The normalized spacial score (nSPS) is 9.85. The number of guanidine groups is 1. The number of alkyl carbamates (subject to hydrolysis) is 1. The molecule has 0 heterocycles. The molecule has 0 atom stereocenters. The fourth-order valence-electron chi connectivity index (χ4n) is 2.01. The number of amides is 1. The minimum absolute atomic E-state index is 0.0665. The van der Waals surface area contributed by atoms with Crippen molar-refractivity contribution in [2.75, 3.05) is 33.9 Å². The SMILES string of the molecule is COC(=O)CN(C)C(=N)NC(=O)OCCOC(=O)CCCc1ccccc1. The third-order valence-electron chi connectivity index (χ3n) is 3.46. The van der Waals surface area contributed by atoms with Crippen LogP contribution in [0.1, 0.15) is 18.4 Å². The van der Waals surface area contributed by atoms with E-state index in [4.69, 9.17) is 14.9 Å². The summed E-state index contributed by atoms with van der Waals surface area (Å²) in [5.74, 6) is -1.22. The van der Waals surface area contributed by atoms with Gasteiger partial charge in [0.05, 0.1) is 7.11 Å². The van der Waals surface area contributed by atoms with Crippen molar-refractivity contribution in [1.82, 2.24) is 10.2 Å². The quantitative estimate of drug-likeness (QED) is 0.218. The maximum Gasteiger partial charge on any atom is 0.414 e. The molecule has 148 valence electrons. The number of ether oxygens (including phenoxy) is 3. The van der Waals surface area contributed by atoms with Gasteiger partial charge in [-0.15, -0.1) is 0 Å². The molecule has 0 aliphatic rings. The van der Waals surface area contributed by atoms with Crippen LogP contribution in [-0.4, -0.2) is 62.8 Å². The molecule has 0 aliphatic heterocycles. The summed E-state index contributed by atoms with van der Waals surface area (Å²) in [4.78, 5) is 35.4. The Morgan fingerprint density at radius 1 is 1.07 bits per heavy atom. The lowest BCUT2D eigenvalue weighted by molar-refractivity contribution is -0.144. The fourth-order valence-corrected chi connectivity index (χ4v) is 2.01.